The molecule has 0 aromatic heterocycles. The third-order valence-electron chi connectivity index (χ3n) is 5.62. The zero-order valence-corrected chi connectivity index (χ0v) is 13.7. The van der Waals surface area contributed by atoms with Crippen LogP contribution >= 0.6 is 0 Å². The third kappa shape index (κ3) is 4.41. The first-order chi connectivity index (χ1) is 10.3. The van der Waals surface area contributed by atoms with Crippen molar-refractivity contribution in [3.63, 3.8) is 0 Å². The van der Waals surface area contributed by atoms with Gasteiger partial charge in [0.05, 0.1) is 12.7 Å². The highest BCUT2D eigenvalue weighted by Crippen LogP contribution is 2.28. The monoisotopic (exact) mass is 295 g/mol. The summed E-state index contributed by atoms with van der Waals surface area (Å²) in [4.78, 5) is 5.22. The van der Waals surface area contributed by atoms with E-state index in [0.29, 0.717) is 6.10 Å². The Balaban J connectivity index is 1.60. The topological polar surface area (TPSA) is 27.7 Å². The molecule has 3 fully saturated rings. The fourth-order valence-corrected chi connectivity index (χ4v) is 4.42. The first-order valence-electron chi connectivity index (χ1n) is 9.08. The van der Waals surface area contributed by atoms with Crippen molar-refractivity contribution in [2.45, 2.75) is 50.7 Å². The molecule has 2 atom stereocenters. The van der Waals surface area contributed by atoms with E-state index in [9.17, 15) is 0 Å². The first kappa shape index (κ1) is 15.7. The van der Waals surface area contributed by atoms with Crippen molar-refractivity contribution in [1.82, 2.24) is 15.1 Å². The largest absolute Gasteiger partial charge is 0.374 e. The fourth-order valence-electron chi connectivity index (χ4n) is 4.42. The van der Waals surface area contributed by atoms with Crippen LogP contribution in [-0.4, -0.2) is 74.9 Å². The number of ether oxygens (including phenoxy) is 1. The van der Waals surface area contributed by atoms with Crippen LogP contribution in [0.25, 0.3) is 0 Å². The maximum absolute atomic E-state index is 6.03. The Bertz CT molecular complexity index is 306. The Hall–Kier alpha value is -0.160. The Morgan fingerprint density at radius 1 is 1.05 bits per heavy atom. The van der Waals surface area contributed by atoms with E-state index in [4.69, 9.17) is 4.74 Å². The highest BCUT2D eigenvalue weighted by atomic mass is 16.5. The van der Waals surface area contributed by atoms with Gasteiger partial charge in [-0.1, -0.05) is 12.8 Å². The van der Waals surface area contributed by atoms with Crippen LogP contribution in [0.3, 0.4) is 0 Å². The summed E-state index contributed by atoms with van der Waals surface area (Å²) in [6, 6.07) is 0.811. The van der Waals surface area contributed by atoms with Crippen molar-refractivity contribution in [3.8, 4) is 0 Å². The van der Waals surface area contributed by atoms with Crippen molar-refractivity contribution in [2.24, 2.45) is 5.92 Å². The summed E-state index contributed by atoms with van der Waals surface area (Å²) in [5.41, 5.74) is 0. The van der Waals surface area contributed by atoms with Crippen molar-refractivity contribution in [3.05, 3.63) is 0 Å². The van der Waals surface area contributed by atoms with Gasteiger partial charge in [0.2, 0.25) is 0 Å². The molecule has 0 saturated carbocycles. The zero-order valence-electron chi connectivity index (χ0n) is 13.7. The van der Waals surface area contributed by atoms with Crippen molar-refractivity contribution >= 4 is 0 Å². The second-order valence-electron chi connectivity index (χ2n) is 7.25. The van der Waals surface area contributed by atoms with Gasteiger partial charge in [-0.05, 0) is 58.3 Å². The second kappa shape index (κ2) is 7.91. The number of nitrogens with one attached hydrogen (secondary N) is 1. The van der Waals surface area contributed by atoms with Crippen molar-refractivity contribution in [2.75, 3.05) is 52.9 Å². The average molecular weight is 295 g/mol. The number of hydrogen-bond donors (Lipinski definition) is 1. The smallest absolute Gasteiger partial charge is 0.0829 e. The van der Waals surface area contributed by atoms with Gasteiger partial charge in [-0.3, -0.25) is 4.90 Å². The molecule has 0 amide bonds. The molecule has 0 radical (unpaired) electrons. The highest BCUT2D eigenvalue weighted by molar-refractivity contribution is 4.87. The summed E-state index contributed by atoms with van der Waals surface area (Å²) in [6.45, 7) is 7.99. The van der Waals surface area contributed by atoms with E-state index in [0.717, 1.165) is 38.2 Å². The minimum absolute atomic E-state index is 0.422. The molecule has 0 aromatic carbocycles. The Morgan fingerprint density at radius 2 is 1.90 bits per heavy atom. The number of piperidine rings is 1. The summed E-state index contributed by atoms with van der Waals surface area (Å²) in [7, 11) is 2.22. The number of rotatable bonds is 3. The molecular formula is C17H33N3O. The normalized spacial score (nSPS) is 34.7. The predicted octanol–water partition coefficient (Wildman–Crippen LogP) is 1.56. The molecule has 0 bridgehead atoms. The Labute approximate surface area is 130 Å². The molecule has 2 unspecified atom stereocenters. The molecule has 3 aliphatic rings. The Morgan fingerprint density at radius 3 is 2.71 bits per heavy atom. The average Bonchev–Trinajstić information content (AvgIpc) is 2.74. The molecular weight excluding hydrogens is 262 g/mol. The van der Waals surface area contributed by atoms with Crippen LogP contribution in [-0.2, 0) is 4.74 Å². The fraction of sp³-hybridized carbons (Fsp3) is 1.00. The van der Waals surface area contributed by atoms with E-state index >= 15 is 0 Å². The van der Waals surface area contributed by atoms with Gasteiger partial charge in [-0.15, -0.1) is 0 Å². The maximum Gasteiger partial charge on any atom is 0.0829 e. The van der Waals surface area contributed by atoms with Gasteiger partial charge in [0.15, 0.2) is 0 Å². The molecule has 122 valence electrons. The van der Waals surface area contributed by atoms with Gasteiger partial charge in [-0.2, -0.15) is 0 Å². The summed E-state index contributed by atoms with van der Waals surface area (Å²) in [5.74, 6) is 0.908. The molecule has 1 N–H and O–H groups in total. The number of nitrogens with zero attached hydrogens (tertiary/aromatic N) is 2. The highest BCUT2D eigenvalue weighted by Gasteiger charge is 2.32. The summed E-state index contributed by atoms with van der Waals surface area (Å²) < 4.78 is 6.03. The second-order valence-corrected chi connectivity index (χ2v) is 7.25. The molecule has 0 aromatic rings. The van der Waals surface area contributed by atoms with E-state index in [1.165, 1.54) is 58.2 Å². The van der Waals surface area contributed by atoms with Crippen molar-refractivity contribution < 1.29 is 4.74 Å². The SMILES string of the molecule is CN1CCOC(CN2CCCCCC2C2CCNCC2)C1. The zero-order chi connectivity index (χ0) is 14.5. The lowest BCUT2D eigenvalue weighted by Crippen LogP contribution is -2.51. The molecule has 21 heavy (non-hydrogen) atoms. The minimum atomic E-state index is 0.422. The molecule has 3 saturated heterocycles. The summed E-state index contributed by atoms with van der Waals surface area (Å²) in [5, 5.41) is 3.52. The van der Waals surface area contributed by atoms with Crippen LogP contribution < -0.4 is 5.32 Å². The van der Waals surface area contributed by atoms with E-state index in [2.05, 4.69) is 22.2 Å². The molecule has 3 heterocycles. The van der Waals surface area contributed by atoms with Gasteiger partial charge >= 0.3 is 0 Å². The van der Waals surface area contributed by atoms with Crippen LogP contribution in [0.15, 0.2) is 0 Å². The molecule has 4 nitrogen and oxygen atoms in total. The van der Waals surface area contributed by atoms with Crippen molar-refractivity contribution in [1.29, 1.82) is 0 Å². The maximum atomic E-state index is 6.03. The van der Waals surface area contributed by atoms with Crippen LogP contribution in [0.1, 0.15) is 38.5 Å². The lowest BCUT2D eigenvalue weighted by Gasteiger charge is -2.41. The third-order valence-corrected chi connectivity index (χ3v) is 5.62. The number of morpholine rings is 1. The van der Waals surface area contributed by atoms with Gasteiger partial charge in [0.1, 0.15) is 0 Å². The number of likely N-dealkylation sites (N-methyl/N-ethyl adjacent to an activating group) is 1. The summed E-state index contributed by atoms with van der Waals surface area (Å²) >= 11 is 0. The molecule has 3 rings (SSSR count). The van der Waals surface area contributed by atoms with Crippen LogP contribution in [0, 0.1) is 5.92 Å². The van der Waals surface area contributed by atoms with Gasteiger partial charge in [0, 0.05) is 25.7 Å². The van der Waals surface area contributed by atoms with Crippen LogP contribution in [0.4, 0.5) is 0 Å². The Kier molecular flexibility index (Phi) is 5.92. The van der Waals surface area contributed by atoms with Crippen LogP contribution in [0.2, 0.25) is 0 Å². The molecule has 4 heteroatoms. The molecule has 3 aliphatic heterocycles. The van der Waals surface area contributed by atoms with E-state index in [1.54, 1.807) is 0 Å². The molecule has 0 spiro atoms. The van der Waals surface area contributed by atoms with E-state index < -0.39 is 0 Å². The quantitative estimate of drug-likeness (QED) is 0.855. The van der Waals surface area contributed by atoms with E-state index in [1.807, 2.05) is 0 Å². The van der Waals surface area contributed by atoms with Crippen LogP contribution in [0.5, 0.6) is 0 Å². The van der Waals surface area contributed by atoms with Gasteiger partial charge in [0.25, 0.3) is 0 Å². The number of likely N-dealkylation sites (tertiary alicyclic amines) is 1. The van der Waals surface area contributed by atoms with Gasteiger partial charge in [-0.25, -0.2) is 0 Å². The van der Waals surface area contributed by atoms with E-state index in [-0.39, 0.29) is 0 Å². The molecule has 0 aliphatic carbocycles. The minimum Gasteiger partial charge on any atom is -0.374 e. The number of hydrogen-bond acceptors (Lipinski definition) is 4. The predicted molar refractivity (Wildman–Crippen MR) is 86.7 cm³/mol. The summed E-state index contributed by atoms with van der Waals surface area (Å²) in [6.07, 6.45) is 8.79. The first-order valence-corrected chi connectivity index (χ1v) is 9.08. The lowest BCUT2D eigenvalue weighted by molar-refractivity contribution is -0.0459. The van der Waals surface area contributed by atoms with Gasteiger partial charge < -0.3 is 15.0 Å². The lowest BCUT2D eigenvalue weighted by atomic mass is 9.86. The standard InChI is InChI=1S/C17H33N3O/c1-19-11-12-21-16(13-19)14-20-10-4-2-3-5-17(20)15-6-8-18-9-7-15/h15-18H,2-14H2,1H3.